The van der Waals surface area contributed by atoms with E-state index in [0.29, 0.717) is 11.5 Å². The van der Waals surface area contributed by atoms with Crippen molar-refractivity contribution in [3.63, 3.8) is 0 Å². The number of nitrogens with one attached hydrogen (secondary N) is 2. The molecule has 0 aliphatic carbocycles. The predicted molar refractivity (Wildman–Crippen MR) is 84.7 cm³/mol. The van der Waals surface area contributed by atoms with Crippen LogP contribution in [0.25, 0.3) is 0 Å². The van der Waals surface area contributed by atoms with Crippen molar-refractivity contribution in [2.24, 2.45) is 0 Å². The molecule has 7 heteroatoms. The highest BCUT2D eigenvalue weighted by Crippen LogP contribution is 2.32. The van der Waals surface area contributed by atoms with Crippen molar-refractivity contribution in [1.29, 1.82) is 0 Å². The molecule has 0 bridgehead atoms. The number of hydrogen-bond acceptors (Lipinski definition) is 3. The number of benzene rings is 2. The molecule has 0 saturated carbocycles. The molecule has 0 aliphatic heterocycles. The van der Waals surface area contributed by atoms with Crippen LogP contribution in [0.4, 0.5) is 5.69 Å². The summed E-state index contributed by atoms with van der Waals surface area (Å²) in [6.07, 6.45) is 0. The largest absolute Gasteiger partial charge is 0.456 e. The zero-order valence-corrected chi connectivity index (χ0v) is 12.8. The van der Waals surface area contributed by atoms with E-state index >= 15 is 0 Å². The summed E-state index contributed by atoms with van der Waals surface area (Å²) in [5.41, 5.74) is 0.905. The molecule has 22 heavy (non-hydrogen) atoms. The number of nitro groups is 1. The zero-order valence-electron chi connectivity index (χ0n) is 12.1. The second-order valence-corrected chi connectivity index (χ2v) is 4.78. The van der Waals surface area contributed by atoms with Crippen LogP contribution in [0, 0.1) is 10.1 Å². The normalized spacial score (nSPS) is 11.1. The molecule has 0 radical (unpaired) electrons. The molecular weight excluding hydrogens is 306 g/mol. The summed E-state index contributed by atoms with van der Waals surface area (Å²) in [4.78, 5) is 13.2. The van der Waals surface area contributed by atoms with Crippen LogP contribution in [-0.2, 0) is 0 Å². The topological polar surface area (TPSA) is 78.4 Å². The minimum atomic E-state index is -0.503. The van der Waals surface area contributed by atoms with Crippen LogP contribution >= 0.6 is 11.6 Å². The SMILES string of the molecule is CNC(=[NH+]C)c1ccc(Oc2ccc([N+](=O)[O-])cc2Cl)cc1. The third-order valence-electron chi connectivity index (χ3n) is 3.00. The lowest BCUT2D eigenvalue weighted by Crippen LogP contribution is -2.71. The van der Waals surface area contributed by atoms with Crippen molar-refractivity contribution in [2.75, 3.05) is 14.1 Å². The molecule has 0 amide bonds. The van der Waals surface area contributed by atoms with Gasteiger partial charge in [-0.15, -0.1) is 0 Å². The van der Waals surface area contributed by atoms with Crippen LogP contribution in [0.3, 0.4) is 0 Å². The van der Waals surface area contributed by atoms with E-state index in [9.17, 15) is 10.1 Å². The summed E-state index contributed by atoms with van der Waals surface area (Å²) in [6.45, 7) is 0. The number of non-ortho nitro benzene ring substituents is 1. The molecule has 6 nitrogen and oxygen atoms in total. The Morgan fingerprint density at radius 2 is 1.95 bits per heavy atom. The second-order valence-electron chi connectivity index (χ2n) is 4.37. The highest BCUT2D eigenvalue weighted by Gasteiger charge is 2.11. The van der Waals surface area contributed by atoms with Crippen molar-refractivity contribution >= 4 is 23.1 Å². The first-order chi connectivity index (χ1) is 10.5. The predicted octanol–water partition coefficient (Wildman–Crippen LogP) is 1.72. The van der Waals surface area contributed by atoms with Crippen molar-refractivity contribution in [3.05, 3.63) is 63.2 Å². The smallest absolute Gasteiger partial charge is 0.274 e. The van der Waals surface area contributed by atoms with Crippen LogP contribution in [-0.4, -0.2) is 24.9 Å². The first-order valence-electron chi connectivity index (χ1n) is 6.50. The lowest BCUT2D eigenvalue weighted by molar-refractivity contribution is -0.421. The van der Waals surface area contributed by atoms with Gasteiger partial charge < -0.3 is 4.74 Å². The van der Waals surface area contributed by atoms with Crippen LogP contribution < -0.4 is 15.0 Å². The molecule has 0 heterocycles. The molecule has 0 aliphatic rings. The van der Waals surface area contributed by atoms with E-state index in [0.717, 1.165) is 11.4 Å². The average molecular weight is 321 g/mol. The summed E-state index contributed by atoms with van der Waals surface area (Å²) in [7, 11) is 3.65. The number of halogens is 1. The van der Waals surface area contributed by atoms with Gasteiger partial charge in [0.1, 0.15) is 11.5 Å². The summed E-state index contributed by atoms with van der Waals surface area (Å²) in [5.74, 6) is 1.84. The second kappa shape index (κ2) is 6.91. The quantitative estimate of drug-likeness (QED) is 0.389. The zero-order chi connectivity index (χ0) is 16.1. The molecule has 0 unspecified atom stereocenters. The van der Waals surface area contributed by atoms with Crippen LogP contribution in [0.15, 0.2) is 42.5 Å². The Labute approximate surface area is 132 Å². The molecule has 2 N–H and O–H groups in total. The number of rotatable bonds is 4. The fourth-order valence-corrected chi connectivity index (χ4v) is 2.13. The van der Waals surface area contributed by atoms with Gasteiger partial charge in [0, 0.05) is 12.1 Å². The lowest BCUT2D eigenvalue weighted by atomic mass is 10.2. The monoisotopic (exact) mass is 320 g/mol. The fourth-order valence-electron chi connectivity index (χ4n) is 1.92. The highest BCUT2D eigenvalue weighted by atomic mass is 35.5. The Kier molecular flexibility index (Phi) is 4.95. The van der Waals surface area contributed by atoms with Gasteiger partial charge in [-0.3, -0.25) is 20.4 Å². The van der Waals surface area contributed by atoms with Gasteiger partial charge >= 0.3 is 0 Å². The number of ether oxygens (including phenoxy) is 1. The standard InChI is InChI=1S/C15H14ClN3O3/c1-17-15(18-2)10-3-6-12(7-4-10)22-14-8-5-11(19(20)21)9-13(14)16/h3-9H,1-2H3,(H,17,18)/p+1. The molecule has 2 rings (SSSR count). The number of nitrogens with zero attached hydrogens (tertiary/aromatic N) is 1. The molecule has 0 spiro atoms. The minimum absolute atomic E-state index is 0.0741. The van der Waals surface area contributed by atoms with Gasteiger partial charge in [-0.25, -0.2) is 0 Å². The fraction of sp³-hybridized carbons (Fsp3) is 0.133. The van der Waals surface area contributed by atoms with E-state index in [1.807, 2.05) is 26.2 Å². The third-order valence-corrected chi connectivity index (χ3v) is 3.29. The van der Waals surface area contributed by atoms with Gasteiger partial charge in [0.05, 0.1) is 29.6 Å². The molecule has 0 fully saturated rings. The third kappa shape index (κ3) is 3.53. The summed E-state index contributed by atoms with van der Waals surface area (Å²) in [6, 6.07) is 11.5. The molecule has 2 aromatic rings. The van der Waals surface area contributed by atoms with Gasteiger partial charge in [-0.05, 0) is 30.3 Å². The molecule has 2 aromatic carbocycles. The number of nitro benzene ring substituents is 1. The average Bonchev–Trinajstić information content (AvgIpc) is 2.52. The first kappa shape index (κ1) is 15.8. The van der Waals surface area contributed by atoms with Crippen molar-refractivity contribution in [1.82, 2.24) is 5.32 Å². The molecule has 0 saturated heterocycles. The molecule has 114 valence electrons. The van der Waals surface area contributed by atoms with E-state index in [2.05, 4.69) is 10.3 Å². The lowest BCUT2D eigenvalue weighted by Gasteiger charge is -2.08. The van der Waals surface area contributed by atoms with E-state index in [1.165, 1.54) is 18.2 Å². The maximum Gasteiger partial charge on any atom is 0.274 e. The van der Waals surface area contributed by atoms with Gasteiger partial charge in [0.2, 0.25) is 0 Å². The van der Waals surface area contributed by atoms with Crippen molar-refractivity contribution in [3.8, 4) is 11.5 Å². The molecule has 0 atom stereocenters. The number of amidine groups is 1. The Balaban J connectivity index is 2.19. The minimum Gasteiger partial charge on any atom is -0.456 e. The van der Waals surface area contributed by atoms with Crippen molar-refractivity contribution < 1.29 is 14.7 Å². The van der Waals surface area contributed by atoms with Crippen LogP contribution in [0.1, 0.15) is 5.56 Å². The van der Waals surface area contributed by atoms with Gasteiger partial charge in [0.25, 0.3) is 11.5 Å². The van der Waals surface area contributed by atoms with Crippen LogP contribution in [0.5, 0.6) is 11.5 Å². The van der Waals surface area contributed by atoms with Crippen molar-refractivity contribution in [2.45, 2.75) is 0 Å². The van der Waals surface area contributed by atoms with Gasteiger partial charge in [0.15, 0.2) is 0 Å². The number of hydrogen-bond donors (Lipinski definition) is 2. The highest BCUT2D eigenvalue weighted by molar-refractivity contribution is 6.32. The van der Waals surface area contributed by atoms with E-state index < -0.39 is 4.92 Å². The van der Waals surface area contributed by atoms with Gasteiger partial charge in [-0.2, -0.15) is 0 Å². The van der Waals surface area contributed by atoms with E-state index in [-0.39, 0.29) is 10.7 Å². The van der Waals surface area contributed by atoms with E-state index in [1.54, 1.807) is 12.1 Å². The molecule has 0 aromatic heterocycles. The van der Waals surface area contributed by atoms with E-state index in [4.69, 9.17) is 16.3 Å². The first-order valence-corrected chi connectivity index (χ1v) is 6.87. The maximum atomic E-state index is 10.7. The Morgan fingerprint density at radius 1 is 1.27 bits per heavy atom. The summed E-state index contributed by atoms with van der Waals surface area (Å²) >= 11 is 6.00. The summed E-state index contributed by atoms with van der Waals surface area (Å²) < 4.78 is 5.64. The van der Waals surface area contributed by atoms with Gasteiger partial charge in [-0.1, -0.05) is 11.6 Å². The Hall–Kier alpha value is -2.60. The molecular formula is C15H15ClN3O3+. The summed E-state index contributed by atoms with van der Waals surface area (Å²) in [5, 5.41) is 13.9. The van der Waals surface area contributed by atoms with Crippen LogP contribution in [0.2, 0.25) is 5.02 Å². The maximum absolute atomic E-state index is 10.7. The Bertz CT molecular complexity index is 714. The Morgan fingerprint density at radius 3 is 2.45 bits per heavy atom.